The Morgan fingerprint density at radius 1 is 1.19 bits per heavy atom. The quantitative estimate of drug-likeness (QED) is 0.743. The van der Waals surface area contributed by atoms with Crippen LogP contribution in [-0.4, -0.2) is 5.11 Å². The average molecular weight is 381 g/mol. The molecule has 0 aliphatic heterocycles. The van der Waals surface area contributed by atoms with Gasteiger partial charge in [-0.05, 0) is 30.3 Å². The van der Waals surface area contributed by atoms with E-state index in [-0.39, 0.29) is 23.0 Å². The lowest BCUT2D eigenvalue weighted by Gasteiger charge is -2.16. The van der Waals surface area contributed by atoms with E-state index in [0.29, 0.717) is 10.0 Å². The highest BCUT2D eigenvalue weighted by Gasteiger charge is 2.33. The van der Waals surface area contributed by atoms with Gasteiger partial charge in [0.15, 0.2) is 0 Å². The molecule has 112 valence electrons. The number of nitrogens with one attached hydrogen (secondary N) is 1. The monoisotopic (exact) mass is 379 g/mol. The van der Waals surface area contributed by atoms with Gasteiger partial charge in [0, 0.05) is 27.3 Å². The van der Waals surface area contributed by atoms with Crippen molar-refractivity contribution in [3.8, 4) is 5.75 Å². The largest absolute Gasteiger partial charge is 0.508 e. The molecule has 0 fully saturated rings. The summed E-state index contributed by atoms with van der Waals surface area (Å²) in [7, 11) is 0. The minimum absolute atomic E-state index is 0.0176. The summed E-state index contributed by atoms with van der Waals surface area (Å²) in [5.41, 5.74) is -0.524. The lowest BCUT2D eigenvalue weighted by Crippen LogP contribution is -2.11. The molecule has 2 nitrogen and oxygen atoms in total. The van der Waals surface area contributed by atoms with Crippen LogP contribution < -0.4 is 5.32 Å². The van der Waals surface area contributed by atoms with Crippen molar-refractivity contribution < 1.29 is 18.3 Å². The topological polar surface area (TPSA) is 32.3 Å². The van der Waals surface area contributed by atoms with Gasteiger partial charge < -0.3 is 10.4 Å². The van der Waals surface area contributed by atoms with Crippen LogP contribution in [0, 0.1) is 0 Å². The Labute approximate surface area is 132 Å². The summed E-state index contributed by atoms with van der Waals surface area (Å²) in [6.07, 6.45) is -4.48. The van der Waals surface area contributed by atoms with E-state index in [9.17, 15) is 18.3 Å². The number of aromatic hydroxyl groups is 1. The molecule has 2 rings (SSSR count). The van der Waals surface area contributed by atoms with Crippen LogP contribution >= 0.6 is 27.5 Å². The molecule has 2 aromatic carbocycles. The van der Waals surface area contributed by atoms with E-state index >= 15 is 0 Å². The Kier molecular flexibility index (Phi) is 4.68. The molecular weight excluding hydrogens is 371 g/mol. The van der Waals surface area contributed by atoms with E-state index in [1.54, 1.807) is 12.1 Å². The summed E-state index contributed by atoms with van der Waals surface area (Å²) in [5, 5.41) is 12.6. The Balaban J connectivity index is 2.29. The molecule has 2 N–H and O–H groups in total. The Bertz CT molecular complexity index is 641. The molecule has 0 aliphatic carbocycles. The van der Waals surface area contributed by atoms with Crippen LogP contribution in [0.4, 0.5) is 18.9 Å². The number of phenols is 1. The van der Waals surface area contributed by atoms with Crippen molar-refractivity contribution >= 4 is 33.2 Å². The van der Waals surface area contributed by atoms with E-state index < -0.39 is 11.7 Å². The van der Waals surface area contributed by atoms with Crippen LogP contribution in [0.3, 0.4) is 0 Å². The van der Waals surface area contributed by atoms with E-state index in [2.05, 4.69) is 21.2 Å². The van der Waals surface area contributed by atoms with Crippen LogP contribution in [0.15, 0.2) is 40.9 Å². The van der Waals surface area contributed by atoms with Gasteiger partial charge in [-0.25, -0.2) is 0 Å². The van der Waals surface area contributed by atoms with Gasteiger partial charge in [-0.2, -0.15) is 13.2 Å². The molecule has 0 bridgehead atoms. The fraction of sp³-hybridized carbons (Fsp3) is 0.143. The predicted molar refractivity (Wildman–Crippen MR) is 79.6 cm³/mol. The number of halogens is 5. The molecule has 0 saturated carbocycles. The zero-order valence-electron chi connectivity index (χ0n) is 10.5. The van der Waals surface area contributed by atoms with Gasteiger partial charge in [-0.1, -0.05) is 33.6 Å². The van der Waals surface area contributed by atoms with E-state index in [1.165, 1.54) is 18.2 Å². The first-order chi connectivity index (χ1) is 9.79. The summed E-state index contributed by atoms with van der Waals surface area (Å²) < 4.78 is 39.3. The second-order valence-corrected chi connectivity index (χ2v) is 5.60. The smallest absolute Gasteiger partial charge is 0.418 e. The summed E-state index contributed by atoms with van der Waals surface area (Å²) in [5.74, 6) is -0.0688. The number of alkyl halides is 3. The van der Waals surface area contributed by atoms with Gasteiger partial charge in [-0.15, -0.1) is 0 Å². The van der Waals surface area contributed by atoms with Crippen molar-refractivity contribution in [3.63, 3.8) is 0 Å². The molecule has 21 heavy (non-hydrogen) atoms. The molecule has 0 radical (unpaired) electrons. The SMILES string of the molecule is Oc1cccc(Cl)c1CNc1ccc(Br)cc1C(F)(F)F. The van der Waals surface area contributed by atoms with Crippen molar-refractivity contribution in [2.75, 3.05) is 5.32 Å². The van der Waals surface area contributed by atoms with Crippen molar-refractivity contribution in [1.82, 2.24) is 0 Å². The fourth-order valence-electron chi connectivity index (χ4n) is 1.81. The van der Waals surface area contributed by atoms with Gasteiger partial charge in [0.1, 0.15) is 5.75 Å². The summed E-state index contributed by atoms with van der Waals surface area (Å²) in [6.45, 7) is -0.0176. The molecule has 0 unspecified atom stereocenters. The van der Waals surface area contributed by atoms with E-state index in [0.717, 1.165) is 6.07 Å². The number of hydrogen-bond donors (Lipinski definition) is 2. The molecule has 0 spiro atoms. The van der Waals surface area contributed by atoms with Gasteiger partial charge in [-0.3, -0.25) is 0 Å². The zero-order valence-corrected chi connectivity index (χ0v) is 12.9. The van der Waals surface area contributed by atoms with Crippen LogP contribution in [0.2, 0.25) is 5.02 Å². The average Bonchev–Trinajstić information content (AvgIpc) is 2.38. The minimum Gasteiger partial charge on any atom is -0.508 e. The molecular formula is C14H10BrClF3NO. The van der Waals surface area contributed by atoms with Gasteiger partial charge in [0.2, 0.25) is 0 Å². The number of benzene rings is 2. The number of anilines is 1. The minimum atomic E-state index is -4.48. The molecule has 0 saturated heterocycles. The van der Waals surface area contributed by atoms with Crippen LogP contribution in [0.5, 0.6) is 5.75 Å². The molecule has 0 atom stereocenters. The van der Waals surface area contributed by atoms with E-state index in [1.807, 2.05) is 0 Å². The third-order valence-corrected chi connectivity index (χ3v) is 3.68. The van der Waals surface area contributed by atoms with Crippen LogP contribution in [-0.2, 0) is 12.7 Å². The van der Waals surface area contributed by atoms with Crippen molar-refractivity contribution in [1.29, 1.82) is 0 Å². The fourth-order valence-corrected chi connectivity index (χ4v) is 2.41. The normalized spacial score (nSPS) is 11.5. The highest BCUT2D eigenvalue weighted by atomic mass is 79.9. The number of hydrogen-bond acceptors (Lipinski definition) is 2. The van der Waals surface area contributed by atoms with Crippen LogP contribution in [0.25, 0.3) is 0 Å². The summed E-state index contributed by atoms with van der Waals surface area (Å²) >= 11 is 8.94. The highest BCUT2D eigenvalue weighted by Crippen LogP contribution is 2.37. The summed E-state index contributed by atoms with van der Waals surface area (Å²) in [4.78, 5) is 0. The first-order valence-corrected chi connectivity index (χ1v) is 7.03. The molecule has 7 heteroatoms. The highest BCUT2D eigenvalue weighted by molar-refractivity contribution is 9.10. The predicted octanol–water partition coefficient (Wildman–Crippen LogP) is 5.44. The molecule has 0 heterocycles. The van der Waals surface area contributed by atoms with Crippen molar-refractivity contribution in [2.24, 2.45) is 0 Å². The van der Waals surface area contributed by atoms with Gasteiger partial charge in [0.25, 0.3) is 0 Å². The van der Waals surface area contributed by atoms with E-state index in [4.69, 9.17) is 11.6 Å². The maximum atomic E-state index is 13.0. The lowest BCUT2D eigenvalue weighted by atomic mass is 10.1. The third-order valence-electron chi connectivity index (χ3n) is 2.84. The maximum Gasteiger partial charge on any atom is 0.418 e. The Morgan fingerprint density at radius 2 is 1.90 bits per heavy atom. The Morgan fingerprint density at radius 3 is 2.52 bits per heavy atom. The third kappa shape index (κ3) is 3.83. The molecule has 0 amide bonds. The van der Waals surface area contributed by atoms with Gasteiger partial charge in [0.05, 0.1) is 5.56 Å². The number of phenolic OH excluding ortho intramolecular Hbond substituents is 1. The van der Waals surface area contributed by atoms with Crippen molar-refractivity contribution in [3.05, 3.63) is 57.0 Å². The zero-order chi connectivity index (χ0) is 15.6. The molecule has 0 aromatic heterocycles. The second kappa shape index (κ2) is 6.15. The maximum absolute atomic E-state index is 13.0. The molecule has 2 aromatic rings. The summed E-state index contributed by atoms with van der Waals surface area (Å²) in [6, 6.07) is 8.36. The Hall–Kier alpha value is -1.40. The first kappa shape index (κ1) is 16.0. The first-order valence-electron chi connectivity index (χ1n) is 5.86. The standard InChI is InChI=1S/C14H10BrClF3NO/c15-8-4-5-12(10(6-8)14(17,18)19)20-7-9-11(16)2-1-3-13(9)21/h1-6,20-21H,7H2. The van der Waals surface area contributed by atoms with Crippen molar-refractivity contribution in [2.45, 2.75) is 12.7 Å². The molecule has 0 aliphatic rings. The lowest BCUT2D eigenvalue weighted by molar-refractivity contribution is -0.137. The van der Waals surface area contributed by atoms with Gasteiger partial charge >= 0.3 is 6.18 Å². The number of rotatable bonds is 3. The second-order valence-electron chi connectivity index (χ2n) is 4.28. The van der Waals surface area contributed by atoms with Crippen LogP contribution in [0.1, 0.15) is 11.1 Å².